The zero-order valence-corrected chi connectivity index (χ0v) is 16.0. The topological polar surface area (TPSA) is 106 Å². The third-order valence-electron chi connectivity index (χ3n) is 4.58. The van der Waals surface area contributed by atoms with Crippen LogP contribution >= 0.6 is 0 Å². The van der Waals surface area contributed by atoms with Gasteiger partial charge in [-0.2, -0.15) is 0 Å². The number of furan rings is 1. The molecular formula is C22H19N3O5. The lowest BCUT2D eigenvalue weighted by Crippen LogP contribution is -2.19. The number of H-pyrrole nitrogens is 1. The molecule has 0 aliphatic rings. The van der Waals surface area contributed by atoms with Crippen molar-refractivity contribution in [3.63, 3.8) is 0 Å². The second-order valence-electron chi connectivity index (χ2n) is 6.57. The van der Waals surface area contributed by atoms with E-state index >= 15 is 0 Å². The molecule has 2 aromatic carbocycles. The molecule has 4 aromatic rings. The van der Waals surface area contributed by atoms with Crippen molar-refractivity contribution >= 4 is 28.6 Å². The first-order valence-corrected chi connectivity index (χ1v) is 9.42. The van der Waals surface area contributed by atoms with Gasteiger partial charge in [0, 0.05) is 6.54 Å². The summed E-state index contributed by atoms with van der Waals surface area (Å²) >= 11 is 0. The van der Waals surface area contributed by atoms with E-state index in [9.17, 15) is 14.4 Å². The van der Waals surface area contributed by atoms with Crippen LogP contribution in [-0.2, 0) is 11.3 Å². The fraction of sp³-hybridized carbons (Fsp3) is 0.136. The van der Waals surface area contributed by atoms with Crippen LogP contribution in [0.1, 0.15) is 27.3 Å². The van der Waals surface area contributed by atoms with Crippen LogP contribution in [-0.4, -0.2) is 28.0 Å². The summed E-state index contributed by atoms with van der Waals surface area (Å²) in [6.07, 6.45) is 1.86. The monoisotopic (exact) mass is 405 g/mol. The number of benzene rings is 2. The lowest BCUT2D eigenvalue weighted by Gasteiger charge is -2.10. The van der Waals surface area contributed by atoms with Crippen LogP contribution in [0.3, 0.4) is 0 Å². The van der Waals surface area contributed by atoms with Crippen molar-refractivity contribution in [2.45, 2.75) is 13.0 Å². The van der Waals surface area contributed by atoms with Gasteiger partial charge in [-0.25, -0.2) is 9.59 Å². The van der Waals surface area contributed by atoms with Crippen molar-refractivity contribution in [2.24, 2.45) is 0 Å². The van der Waals surface area contributed by atoms with Crippen LogP contribution in [0.5, 0.6) is 0 Å². The number of hydrogen-bond acceptors (Lipinski definition) is 5. The van der Waals surface area contributed by atoms with E-state index in [0.717, 1.165) is 11.0 Å². The fourth-order valence-electron chi connectivity index (χ4n) is 3.16. The van der Waals surface area contributed by atoms with E-state index < -0.39 is 11.9 Å². The van der Waals surface area contributed by atoms with Gasteiger partial charge in [0.05, 0.1) is 35.2 Å². The van der Waals surface area contributed by atoms with E-state index in [1.54, 1.807) is 34.9 Å². The summed E-state index contributed by atoms with van der Waals surface area (Å²) in [6.45, 7) is 0.540. The number of esters is 1. The average Bonchev–Trinajstić information content (AvgIpc) is 3.39. The Morgan fingerprint density at radius 3 is 2.67 bits per heavy atom. The van der Waals surface area contributed by atoms with Crippen molar-refractivity contribution in [3.05, 3.63) is 88.7 Å². The van der Waals surface area contributed by atoms with E-state index in [-0.39, 0.29) is 23.6 Å². The van der Waals surface area contributed by atoms with Gasteiger partial charge in [0.25, 0.3) is 5.91 Å². The molecule has 2 heterocycles. The summed E-state index contributed by atoms with van der Waals surface area (Å²) in [5.41, 5.74) is 1.94. The molecule has 0 unspecified atom stereocenters. The van der Waals surface area contributed by atoms with E-state index in [4.69, 9.17) is 9.15 Å². The van der Waals surface area contributed by atoms with Crippen molar-refractivity contribution in [3.8, 4) is 0 Å². The third-order valence-corrected chi connectivity index (χ3v) is 4.58. The summed E-state index contributed by atoms with van der Waals surface area (Å²) in [6, 6.07) is 17.1. The molecule has 8 nitrogen and oxygen atoms in total. The highest BCUT2D eigenvalue weighted by atomic mass is 16.5. The normalized spacial score (nSPS) is 10.8. The first kappa shape index (κ1) is 19.3. The number of hydrogen-bond donors (Lipinski definition) is 2. The van der Waals surface area contributed by atoms with Gasteiger partial charge in [0.15, 0.2) is 5.76 Å². The minimum absolute atomic E-state index is 0.130. The molecule has 0 atom stereocenters. The molecule has 2 aromatic heterocycles. The quantitative estimate of drug-likeness (QED) is 0.362. The molecule has 1 amide bonds. The summed E-state index contributed by atoms with van der Waals surface area (Å²) in [5.74, 6) is -0.877. The highest BCUT2D eigenvalue weighted by Gasteiger charge is 2.16. The minimum Gasteiger partial charge on any atom is -0.462 e. The Balaban J connectivity index is 1.37. The molecule has 0 bridgehead atoms. The van der Waals surface area contributed by atoms with Crippen LogP contribution < -0.4 is 11.0 Å². The van der Waals surface area contributed by atoms with E-state index in [0.29, 0.717) is 18.7 Å². The maximum Gasteiger partial charge on any atom is 0.340 e. The molecule has 152 valence electrons. The Hall–Kier alpha value is -4.07. The van der Waals surface area contributed by atoms with Gasteiger partial charge in [0.2, 0.25) is 0 Å². The summed E-state index contributed by atoms with van der Waals surface area (Å²) in [5, 5.41) is 2.65. The van der Waals surface area contributed by atoms with Crippen LogP contribution in [0.25, 0.3) is 11.0 Å². The van der Waals surface area contributed by atoms with Gasteiger partial charge in [-0.05, 0) is 42.8 Å². The second kappa shape index (κ2) is 8.52. The van der Waals surface area contributed by atoms with Crippen molar-refractivity contribution < 1.29 is 18.7 Å². The zero-order chi connectivity index (χ0) is 20.9. The average molecular weight is 405 g/mol. The van der Waals surface area contributed by atoms with Gasteiger partial charge in [0.1, 0.15) is 0 Å². The number of anilines is 1. The predicted octanol–water partition coefficient (Wildman–Crippen LogP) is 3.42. The number of nitrogens with zero attached hydrogens (tertiary/aromatic N) is 1. The number of rotatable bonds is 7. The summed E-state index contributed by atoms with van der Waals surface area (Å²) < 4.78 is 12.0. The van der Waals surface area contributed by atoms with Crippen LogP contribution in [0.4, 0.5) is 5.69 Å². The number of amides is 1. The predicted molar refractivity (Wildman–Crippen MR) is 111 cm³/mol. The fourth-order valence-corrected chi connectivity index (χ4v) is 3.16. The number of imidazole rings is 1. The molecule has 0 aliphatic heterocycles. The van der Waals surface area contributed by atoms with Crippen LogP contribution in [0.15, 0.2) is 76.1 Å². The standard InChI is InChI=1S/C22H19N3O5/c26-20(19-11-5-13-29-19)23-16-8-2-1-7-15(16)21(27)30-14-6-12-25-18-10-4-3-9-17(18)24-22(25)28/h1-5,7-11,13H,6,12,14H2,(H,23,26)(H,24,28). The third kappa shape index (κ3) is 4.02. The van der Waals surface area contributed by atoms with Crippen LogP contribution in [0, 0.1) is 0 Å². The highest BCUT2D eigenvalue weighted by molar-refractivity contribution is 6.06. The lowest BCUT2D eigenvalue weighted by molar-refractivity contribution is 0.0497. The maximum atomic E-state index is 12.5. The molecule has 30 heavy (non-hydrogen) atoms. The number of carbonyl (C=O) groups is 2. The molecule has 8 heteroatoms. The SMILES string of the molecule is O=C(Nc1ccccc1C(=O)OCCCn1c(=O)[nH]c2ccccc21)c1ccco1. The zero-order valence-electron chi connectivity index (χ0n) is 16.0. The smallest absolute Gasteiger partial charge is 0.340 e. The van der Waals surface area contributed by atoms with Gasteiger partial charge < -0.3 is 19.5 Å². The second-order valence-corrected chi connectivity index (χ2v) is 6.57. The maximum absolute atomic E-state index is 12.5. The molecule has 0 fully saturated rings. The Bertz CT molecular complexity index is 1240. The van der Waals surface area contributed by atoms with E-state index in [2.05, 4.69) is 10.3 Å². The molecule has 0 saturated heterocycles. The molecular weight excluding hydrogens is 386 g/mol. The molecule has 0 spiro atoms. The van der Waals surface area contributed by atoms with E-state index in [1.807, 2.05) is 24.3 Å². The van der Waals surface area contributed by atoms with E-state index in [1.165, 1.54) is 12.3 Å². The molecule has 0 aliphatic carbocycles. The Labute approximate surface area is 171 Å². The molecule has 2 N–H and O–H groups in total. The Morgan fingerprint density at radius 1 is 1.03 bits per heavy atom. The van der Waals surface area contributed by atoms with Crippen molar-refractivity contribution in [2.75, 3.05) is 11.9 Å². The largest absolute Gasteiger partial charge is 0.462 e. The minimum atomic E-state index is -0.559. The summed E-state index contributed by atoms with van der Waals surface area (Å²) in [7, 11) is 0. The number of fused-ring (bicyclic) bond motifs is 1. The number of ether oxygens (including phenoxy) is 1. The first-order chi connectivity index (χ1) is 14.6. The molecule has 0 radical (unpaired) electrons. The number of nitrogens with one attached hydrogen (secondary N) is 2. The Kier molecular flexibility index (Phi) is 5.47. The first-order valence-electron chi connectivity index (χ1n) is 9.42. The number of aromatic amines is 1. The van der Waals surface area contributed by atoms with Gasteiger partial charge in [-0.3, -0.25) is 9.36 Å². The number of carbonyl (C=O) groups excluding carboxylic acids is 2. The highest BCUT2D eigenvalue weighted by Crippen LogP contribution is 2.18. The number of aryl methyl sites for hydroxylation is 1. The molecule has 0 saturated carbocycles. The Morgan fingerprint density at radius 2 is 1.83 bits per heavy atom. The molecule has 4 rings (SSSR count). The lowest BCUT2D eigenvalue weighted by atomic mass is 10.1. The number of aromatic nitrogens is 2. The van der Waals surface area contributed by atoms with Gasteiger partial charge >= 0.3 is 11.7 Å². The van der Waals surface area contributed by atoms with Crippen molar-refractivity contribution in [1.29, 1.82) is 0 Å². The van der Waals surface area contributed by atoms with Crippen molar-refractivity contribution in [1.82, 2.24) is 9.55 Å². The van der Waals surface area contributed by atoms with Gasteiger partial charge in [-0.1, -0.05) is 24.3 Å². The number of para-hydroxylation sites is 3. The van der Waals surface area contributed by atoms with Gasteiger partial charge in [-0.15, -0.1) is 0 Å². The van der Waals surface area contributed by atoms with Crippen LogP contribution in [0.2, 0.25) is 0 Å². The summed E-state index contributed by atoms with van der Waals surface area (Å²) in [4.78, 5) is 39.6.